The van der Waals surface area contributed by atoms with Crippen molar-refractivity contribution in [2.45, 2.75) is 51.0 Å². The number of carbonyl (C=O) groups is 2. The predicted octanol–water partition coefficient (Wildman–Crippen LogP) is 1.32. The molecular formula is C15H26N2O3. The summed E-state index contributed by atoms with van der Waals surface area (Å²) in [5, 5.41) is 2.65. The molecule has 2 heterocycles. The molecule has 0 aliphatic carbocycles. The van der Waals surface area contributed by atoms with Crippen molar-refractivity contribution in [1.82, 2.24) is 10.2 Å². The molecule has 114 valence electrons. The third kappa shape index (κ3) is 4.20. The number of ether oxygens (including phenoxy) is 1. The maximum atomic E-state index is 12.4. The molecule has 0 spiro atoms. The van der Waals surface area contributed by atoms with Gasteiger partial charge in [-0.05, 0) is 38.0 Å². The van der Waals surface area contributed by atoms with E-state index in [2.05, 4.69) is 5.32 Å². The summed E-state index contributed by atoms with van der Waals surface area (Å²) in [4.78, 5) is 25.8. The summed E-state index contributed by atoms with van der Waals surface area (Å²) >= 11 is 0. The van der Waals surface area contributed by atoms with E-state index in [1.165, 1.54) is 0 Å². The van der Waals surface area contributed by atoms with E-state index < -0.39 is 0 Å². The minimum Gasteiger partial charge on any atom is -0.381 e. The van der Waals surface area contributed by atoms with E-state index in [9.17, 15) is 9.59 Å². The van der Waals surface area contributed by atoms with Crippen molar-refractivity contribution in [3.8, 4) is 0 Å². The number of carbonyl (C=O) groups excluding carboxylic acids is 2. The standard InChI is InChI=1S/C15H26N2O3/c1-16-14(18)6-5-13-4-2-3-8-17(13)15(19)10-12-7-9-20-11-12/h12-13H,2-11H2,1H3,(H,16,18)/t12-,13?/m1/s1. The first-order chi connectivity index (χ1) is 9.70. The van der Waals surface area contributed by atoms with Gasteiger partial charge in [-0.2, -0.15) is 0 Å². The van der Waals surface area contributed by atoms with Gasteiger partial charge in [0.05, 0.1) is 0 Å². The lowest BCUT2D eigenvalue weighted by molar-refractivity contribution is -0.136. The highest BCUT2D eigenvalue weighted by atomic mass is 16.5. The minimum absolute atomic E-state index is 0.0622. The highest BCUT2D eigenvalue weighted by molar-refractivity contribution is 5.77. The van der Waals surface area contributed by atoms with Crippen LogP contribution in [0.15, 0.2) is 0 Å². The lowest BCUT2D eigenvalue weighted by Gasteiger charge is -2.36. The molecule has 0 bridgehead atoms. The number of likely N-dealkylation sites (tertiary alicyclic amines) is 1. The molecule has 0 aromatic rings. The largest absolute Gasteiger partial charge is 0.381 e. The summed E-state index contributed by atoms with van der Waals surface area (Å²) in [5.74, 6) is 0.707. The molecule has 0 aromatic heterocycles. The van der Waals surface area contributed by atoms with Crippen molar-refractivity contribution in [2.75, 3.05) is 26.8 Å². The van der Waals surface area contributed by atoms with E-state index in [0.717, 1.165) is 51.9 Å². The molecule has 0 saturated carbocycles. The molecule has 0 radical (unpaired) electrons. The van der Waals surface area contributed by atoms with Gasteiger partial charge in [-0.3, -0.25) is 9.59 Å². The molecule has 1 unspecified atom stereocenters. The van der Waals surface area contributed by atoms with Gasteiger partial charge in [-0.25, -0.2) is 0 Å². The van der Waals surface area contributed by atoms with Crippen molar-refractivity contribution in [2.24, 2.45) is 5.92 Å². The summed E-state index contributed by atoms with van der Waals surface area (Å²) < 4.78 is 5.34. The molecule has 0 aromatic carbocycles. The Labute approximate surface area is 121 Å². The number of nitrogens with zero attached hydrogens (tertiary/aromatic N) is 1. The van der Waals surface area contributed by atoms with Crippen LogP contribution in [0.4, 0.5) is 0 Å². The quantitative estimate of drug-likeness (QED) is 0.827. The van der Waals surface area contributed by atoms with Gasteiger partial charge < -0.3 is 15.0 Å². The number of rotatable bonds is 5. The Hall–Kier alpha value is -1.10. The van der Waals surface area contributed by atoms with Gasteiger partial charge in [0.25, 0.3) is 0 Å². The topological polar surface area (TPSA) is 58.6 Å². The lowest BCUT2D eigenvalue weighted by atomic mass is 9.95. The SMILES string of the molecule is CNC(=O)CCC1CCCCN1C(=O)C[C@H]1CCOC1. The molecule has 2 amide bonds. The van der Waals surface area contributed by atoms with Crippen LogP contribution < -0.4 is 5.32 Å². The van der Waals surface area contributed by atoms with E-state index in [1.54, 1.807) is 7.05 Å². The zero-order valence-electron chi connectivity index (χ0n) is 12.4. The highest BCUT2D eigenvalue weighted by Crippen LogP contribution is 2.24. The zero-order valence-corrected chi connectivity index (χ0v) is 12.4. The molecule has 20 heavy (non-hydrogen) atoms. The van der Waals surface area contributed by atoms with Gasteiger partial charge in [0.15, 0.2) is 0 Å². The summed E-state index contributed by atoms with van der Waals surface area (Å²) in [6.07, 6.45) is 6.19. The molecule has 1 N–H and O–H groups in total. The Kier molecular flexibility index (Phi) is 5.83. The Morgan fingerprint density at radius 2 is 2.15 bits per heavy atom. The van der Waals surface area contributed by atoms with Gasteiger partial charge in [0, 0.05) is 45.7 Å². The molecule has 5 nitrogen and oxygen atoms in total. The summed E-state index contributed by atoms with van der Waals surface area (Å²) in [7, 11) is 1.66. The van der Waals surface area contributed by atoms with Gasteiger partial charge in [0.2, 0.25) is 11.8 Å². The average molecular weight is 282 g/mol. The van der Waals surface area contributed by atoms with Gasteiger partial charge >= 0.3 is 0 Å². The fraction of sp³-hybridized carbons (Fsp3) is 0.867. The van der Waals surface area contributed by atoms with Crippen molar-refractivity contribution in [1.29, 1.82) is 0 Å². The Morgan fingerprint density at radius 3 is 2.85 bits per heavy atom. The smallest absolute Gasteiger partial charge is 0.223 e. The molecule has 2 atom stereocenters. The number of piperidine rings is 1. The van der Waals surface area contributed by atoms with E-state index in [-0.39, 0.29) is 17.9 Å². The van der Waals surface area contributed by atoms with E-state index >= 15 is 0 Å². The molecule has 2 saturated heterocycles. The fourth-order valence-corrected chi connectivity index (χ4v) is 3.16. The first-order valence-electron chi connectivity index (χ1n) is 7.78. The van der Waals surface area contributed by atoms with Crippen molar-refractivity contribution in [3.05, 3.63) is 0 Å². The van der Waals surface area contributed by atoms with E-state index in [0.29, 0.717) is 18.8 Å². The van der Waals surface area contributed by atoms with Gasteiger partial charge in [0.1, 0.15) is 0 Å². The van der Waals surface area contributed by atoms with Crippen LogP contribution in [-0.4, -0.2) is 49.6 Å². The summed E-state index contributed by atoms with van der Waals surface area (Å²) in [6, 6.07) is 0.246. The van der Waals surface area contributed by atoms with Crippen LogP contribution in [0.1, 0.15) is 44.9 Å². The van der Waals surface area contributed by atoms with Crippen LogP contribution in [-0.2, 0) is 14.3 Å². The second kappa shape index (κ2) is 7.62. The minimum atomic E-state index is 0.0622. The van der Waals surface area contributed by atoms with Crippen LogP contribution in [0.5, 0.6) is 0 Å². The molecule has 2 fully saturated rings. The zero-order chi connectivity index (χ0) is 14.4. The highest BCUT2D eigenvalue weighted by Gasteiger charge is 2.29. The lowest BCUT2D eigenvalue weighted by Crippen LogP contribution is -2.44. The maximum Gasteiger partial charge on any atom is 0.223 e. The third-order valence-corrected chi connectivity index (χ3v) is 4.42. The molecule has 2 aliphatic rings. The second-order valence-corrected chi connectivity index (χ2v) is 5.88. The fourth-order valence-electron chi connectivity index (χ4n) is 3.16. The molecule has 5 heteroatoms. The Balaban J connectivity index is 1.84. The summed E-state index contributed by atoms with van der Waals surface area (Å²) in [6.45, 7) is 2.37. The van der Waals surface area contributed by atoms with Crippen molar-refractivity contribution < 1.29 is 14.3 Å². The average Bonchev–Trinajstić information content (AvgIpc) is 2.97. The van der Waals surface area contributed by atoms with Crippen LogP contribution in [0, 0.1) is 5.92 Å². The molecule has 2 rings (SSSR count). The van der Waals surface area contributed by atoms with Crippen molar-refractivity contribution >= 4 is 11.8 Å². The number of hydrogen-bond acceptors (Lipinski definition) is 3. The number of amides is 2. The number of hydrogen-bond donors (Lipinski definition) is 1. The van der Waals surface area contributed by atoms with Gasteiger partial charge in [-0.1, -0.05) is 0 Å². The monoisotopic (exact) mass is 282 g/mol. The third-order valence-electron chi connectivity index (χ3n) is 4.42. The molecule has 2 aliphatic heterocycles. The summed E-state index contributed by atoms with van der Waals surface area (Å²) in [5.41, 5.74) is 0. The first-order valence-corrected chi connectivity index (χ1v) is 7.78. The van der Waals surface area contributed by atoms with Crippen LogP contribution in [0.25, 0.3) is 0 Å². The van der Waals surface area contributed by atoms with E-state index in [4.69, 9.17) is 4.74 Å². The Bertz CT molecular complexity index is 340. The van der Waals surface area contributed by atoms with Crippen LogP contribution >= 0.6 is 0 Å². The maximum absolute atomic E-state index is 12.4. The first kappa shape index (κ1) is 15.3. The van der Waals surface area contributed by atoms with E-state index in [1.807, 2.05) is 4.90 Å². The Morgan fingerprint density at radius 1 is 1.30 bits per heavy atom. The van der Waals surface area contributed by atoms with Gasteiger partial charge in [-0.15, -0.1) is 0 Å². The molecular weight excluding hydrogens is 256 g/mol. The predicted molar refractivity (Wildman–Crippen MR) is 76.2 cm³/mol. The normalized spacial score (nSPS) is 26.6. The second-order valence-electron chi connectivity index (χ2n) is 5.88. The van der Waals surface area contributed by atoms with Crippen LogP contribution in [0.3, 0.4) is 0 Å². The van der Waals surface area contributed by atoms with Crippen LogP contribution in [0.2, 0.25) is 0 Å². The van der Waals surface area contributed by atoms with Crippen molar-refractivity contribution in [3.63, 3.8) is 0 Å². The number of nitrogens with one attached hydrogen (secondary N) is 1.